The number of thiophene rings is 1. The van der Waals surface area contributed by atoms with Crippen LogP contribution >= 0.6 is 11.3 Å². The van der Waals surface area contributed by atoms with Gasteiger partial charge in [-0.15, -0.1) is 11.3 Å². The number of amides is 1. The molecular weight excluding hydrogens is 466 g/mol. The number of allylic oxidation sites excluding steroid dienone is 3. The Morgan fingerprint density at radius 3 is 2.37 bits per heavy atom. The van der Waals surface area contributed by atoms with Gasteiger partial charge in [0.25, 0.3) is 5.91 Å². The zero-order valence-electron chi connectivity index (χ0n) is 19.3. The van der Waals surface area contributed by atoms with E-state index in [9.17, 15) is 18.4 Å². The van der Waals surface area contributed by atoms with Gasteiger partial charge in [0.05, 0.1) is 5.92 Å². The molecule has 1 aliphatic heterocycles. The molecular formula is C28H24F2N2O2S. The van der Waals surface area contributed by atoms with E-state index in [4.69, 9.17) is 0 Å². The number of para-hydroxylation sites is 1. The van der Waals surface area contributed by atoms with E-state index in [-0.39, 0.29) is 11.7 Å². The lowest BCUT2D eigenvalue weighted by molar-refractivity contribution is -0.116. The molecule has 2 aromatic carbocycles. The SMILES string of the molecule is CC1=C(C(=O)Nc2c(F)cccc2F)C(c2sccc2C)C2=C(CC(c3ccccc3)CC2=O)N1. The molecule has 0 saturated heterocycles. The number of benzene rings is 2. The molecule has 7 heteroatoms. The molecule has 0 saturated carbocycles. The van der Waals surface area contributed by atoms with E-state index < -0.39 is 29.1 Å². The fraction of sp³-hybridized carbons (Fsp3) is 0.214. The summed E-state index contributed by atoms with van der Waals surface area (Å²) in [5.41, 5.74) is 3.78. The number of ketones is 1. The lowest BCUT2D eigenvalue weighted by Gasteiger charge is -2.36. The van der Waals surface area contributed by atoms with Crippen molar-refractivity contribution in [2.24, 2.45) is 0 Å². The largest absolute Gasteiger partial charge is 0.362 e. The minimum atomic E-state index is -0.858. The topological polar surface area (TPSA) is 58.2 Å². The Balaban J connectivity index is 1.57. The summed E-state index contributed by atoms with van der Waals surface area (Å²) in [5.74, 6) is -2.95. The summed E-state index contributed by atoms with van der Waals surface area (Å²) in [5, 5.41) is 7.64. The molecule has 2 heterocycles. The Morgan fingerprint density at radius 2 is 1.71 bits per heavy atom. The second-order valence-electron chi connectivity index (χ2n) is 8.95. The first kappa shape index (κ1) is 23.2. The first-order chi connectivity index (χ1) is 16.8. The van der Waals surface area contributed by atoms with E-state index in [1.54, 1.807) is 6.92 Å². The van der Waals surface area contributed by atoms with Crippen LogP contribution in [-0.2, 0) is 9.59 Å². The van der Waals surface area contributed by atoms with Gasteiger partial charge in [-0.3, -0.25) is 9.59 Å². The van der Waals surface area contributed by atoms with E-state index in [0.717, 1.165) is 33.8 Å². The molecule has 178 valence electrons. The van der Waals surface area contributed by atoms with Crippen LogP contribution in [0.5, 0.6) is 0 Å². The summed E-state index contributed by atoms with van der Waals surface area (Å²) in [6.45, 7) is 3.71. The highest BCUT2D eigenvalue weighted by Gasteiger charge is 2.42. The summed E-state index contributed by atoms with van der Waals surface area (Å²) < 4.78 is 28.6. The van der Waals surface area contributed by atoms with Crippen LogP contribution < -0.4 is 10.6 Å². The Kier molecular flexibility index (Phi) is 6.11. The molecule has 2 aliphatic rings. The Hall–Kier alpha value is -3.58. The summed E-state index contributed by atoms with van der Waals surface area (Å²) in [7, 11) is 0. The van der Waals surface area contributed by atoms with Crippen molar-refractivity contribution in [2.75, 3.05) is 5.32 Å². The smallest absolute Gasteiger partial charge is 0.254 e. The average molecular weight is 491 g/mol. The highest BCUT2D eigenvalue weighted by atomic mass is 32.1. The zero-order valence-corrected chi connectivity index (χ0v) is 20.1. The number of dihydropyridines is 1. The van der Waals surface area contributed by atoms with Gasteiger partial charge in [-0.2, -0.15) is 0 Å². The van der Waals surface area contributed by atoms with Gasteiger partial charge in [-0.25, -0.2) is 8.78 Å². The minimum Gasteiger partial charge on any atom is -0.362 e. The molecule has 1 aliphatic carbocycles. The molecule has 2 N–H and O–H groups in total. The number of hydrogen-bond donors (Lipinski definition) is 2. The standard InChI is InChI=1S/C28H24F2N2O2S/c1-15-11-12-35-27(15)25-23(28(34)32-26-19(29)9-6-10-20(26)30)16(2)31-21-13-18(14-22(33)24(21)25)17-7-4-3-5-8-17/h3-12,18,25,31H,13-14H2,1-2H3,(H,32,34). The normalized spacial score (nSPS) is 19.9. The molecule has 0 radical (unpaired) electrons. The van der Waals surface area contributed by atoms with Gasteiger partial charge in [-0.05, 0) is 60.9 Å². The molecule has 4 nitrogen and oxygen atoms in total. The Morgan fingerprint density at radius 1 is 1.00 bits per heavy atom. The van der Waals surface area contributed by atoms with E-state index in [0.29, 0.717) is 29.7 Å². The molecule has 2 unspecified atom stereocenters. The van der Waals surface area contributed by atoms with Crippen LogP contribution in [0.15, 0.2) is 82.5 Å². The lowest BCUT2D eigenvalue weighted by Crippen LogP contribution is -2.37. The Bertz CT molecular complexity index is 1370. The van der Waals surface area contributed by atoms with Gasteiger partial charge in [-0.1, -0.05) is 36.4 Å². The van der Waals surface area contributed by atoms with Crippen LogP contribution in [-0.4, -0.2) is 11.7 Å². The van der Waals surface area contributed by atoms with Gasteiger partial charge < -0.3 is 10.6 Å². The van der Waals surface area contributed by atoms with Crippen molar-refractivity contribution in [1.29, 1.82) is 0 Å². The summed E-state index contributed by atoms with van der Waals surface area (Å²) in [4.78, 5) is 28.0. The fourth-order valence-corrected chi connectivity index (χ4v) is 6.09. The van der Waals surface area contributed by atoms with Crippen LogP contribution in [0.25, 0.3) is 0 Å². The molecule has 2 atom stereocenters. The number of carbonyl (C=O) groups excluding carboxylic acids is 2. The van der Waals surface area contributed by atoms with E-state index in [1.165, 1.54) is 17.4 Å². The maximum atomic E-state index is 14.3. The van der Waals surface area contributed by atoms with Crippen molar-refractivity contribution in [1.82, 2.24) is 5.32 Å². The first-order valence-electron chi connectivity index (χ1n) is 11.4. The van der Waals surface area contributed by atoms with E-state index in [2.05, 4.69) is 10.6 Å². The predicted molar refractivity (Wildman–Crippen MR) is 133 cm³/mol. The highest BCUT2D eigenvalue weighted by Crippen LogP contribution is 2.47. The number of Topliss-reactive ketones (excluding diaryl/α,β-unsaturated/α-hetero) is 1. The van der Waals surface area contributed by atoms with Crippen molar-refractivity contribution < 1.29 is 18.4 Å². The highest BCUT2D eigenvalue weighted by molar-refractivity contribution is 7.10. The third-order valence-corrected chi connectivity index (χ3v) is 7.79. The molecule has 35 heavy (non-hydrogen) atoms. The molecule has 1 amide bonds. The second kappa shape index (κ2) is 9.23. The quantitative estimate of drug-likeness (QED) is 0.449. The van der Waals surface area contributed by atoms with Crippen LogP contribution in [0.3, 0.4) is 0 Å². The van der Waals surface area contributed by atoms with Crippen molar-refractivity contribution in [3.05, 3.63) is 110 Å². The van der Waals surface area contributed by atoms with Crippen LogP contribution in [0.4, 0.5) is 14.5 Å². The van der Waals surface area contributed by atoms with Crippen molar-refractivity contribution in [3.63, 3.8) is 0 Å². The van der Waals surface area contributed by atoms with Crippen molar-refractivity contribution >= 4 is 28.7 Å². The van der Waals surface area contributed by atoms with Crippen LogP contribution in [0, 0.1) is 18.6 Å². The van der Waals surface area contributed by atoms with E-state index >= 15 is 0 Å². The molecule has 0 fully saturated rings. The van der Waals surface area contributed by atoms with Gasteiger partial charge in [0.15, 0.2) is 5.78 Å². The number of nitrogens with one attached hydrogen (secondary N) is 2. The lowest BCUT2D eigenvalue weighted by atomic mass is 9.73. The summed E-state index contributed by atoms with van der Waals surface area (Å²) in [6.07, 6.45) is 0.974. The van der Waals surface area contributed by atoms with E-state index in [1.807, 2.05) is 48.7 Å². The molecule has 0 bridgehead atoms. The second-order valence-corrected chi connectivity index (χ2v) is 9.89. The molecule has 1 aromatic heterocycles. The summed E-state index contributed by atoms with van der Waals surface area (Å²) >= 11 is 1.47. The third-order valence-electron chi connectivity index (χ3n) is 6.71. The van der Waals surface area contributed by atoms with Gasteiger partial charge in [0, 0.05) is 33.8 Å². The van der Waals surface area contributed by atoms with Gasteiger partial charge in [0.1, 0.15) is 17.3 Å². The molecule has 5 rings (SSSR count). The first-order valence-corrected chi connectivity index (χ1v) is 12.3. The van der Waals surface area contributed by atoms with Crippen molar-refractivity contribution in [2.45, 2.75) is 38.5 Å². The molecule has 0 spiro atoms. The van der Waals surface area contributed by atoms with Gasteiger partial charge in [0.2, 0.25) is 0 Å². The fourth-order valence-electron chi connectivity index (χ4n) is 5.04. The number of carbonyl (C=O) groups is 2. The summed E-state index contributed by atoms with van der Waals surface area (Å²) in [6, 6.07) is 15.3. The number of anilines is 1. The van der Waals surface area contributed by atoms with Crippen molar-refractivity contribution in [3.8, 4) is 0 Å². The number of rotatable bonds is 4. The monoisotopic (exact) mass is 490 g/mol. The predicted octanol–water partition coefficient (Wildman–Crippen LogP) is 6.34. The average Bonchev–Trinajstić information content (AvgIpc) is 3.26. The maximum absolute atomic E-state index is 14.3. The minimum absolute atomic E-state index is 0.0275. The molecule has 3 aromatic rings. The maximum Gasteiger partial charge on any atom is 0.254 e. The number of hydrogen-bond acceptors (Lipinski definition) is 4. The van der Waals surface area contributed by atoms with Gasteiger partial charge >= 0.3 is 0 Å². The van der Waals surface area contributed by atoms with Crippen LogP contribution in [0.2, 0.25) is 0 Å². The van der Waals surface area contributed by atoms with Crippen LogP contribution in [0.1, 0.15) is 47.6 Å². The Labute approximate surface area is 206 Å². The number of halogens is 2. The third kappa shape index (κ3) is 4.21. The zero-order chi connectivity index (χ0) is 24.7. The number of aryl methyl sites for hydroxylation is 1.